The second-order valence-electron chi connectivity index (χ2n) is 6.97. The third-order valence-corrected chi connectivity index (χ3v) is 5.66. The Balaban J connectivity index is 1.89. The van der Waals surface area contributed by atoms with Gasteiger partial charge in [0.25, 0.3) is 0 Å². The van der Waals surface area contributed by atoms with E-state index in [1.165, 1.54) is 6.33 Å². The van der Waals surface area contributed by atoms with Gasteiger partial charge in [0.1, 0.15) is 23.5 Å². The molecule has 1 saturated heterocycles. The summed E-state index contributed by atoms with van der Waals surface area (Å²) in [6, 6.07) is 0. The summed E-state index contributed by atoms with van der Waals surface area (Å²) >= 11 is 0. The molecule has 0 aliphatic carbocycles. The quantitative estimate of drug-likeness (QED) is 0.682. The van der Waals surface area contributed by atoms with E-state index in [-0.39, 0.29) is 5.82 Å². The van der Waals surface area contributed by atoms with Gasteiger partial charge in [0, 0.05) is 0 Å². The fourth-order valence-electron chi connectivity index (χ4n) is 2.91. The number of aromatic nitrogens is 4. The molecular formula is C15H24N5O3P. The number of nitrogens with two attached hydrogens (primary N) is 1. The Morgan fingerprint density at radius 3 is 2.71 bits per heavy atom. The number of anilines is 1. The number of fused-ring (bicyclic) bond motifs is 1. The van der Waals surface area contributed by atoms with Crippen molar-refractivity contribution in [3.8, 4) is 0 Å². The number of aliphatic hydroxyl groups is 2. The van der Waals surface area contributed by atoms with Gasteiger partial charge in [-0.1, -0.05) is 0 Å². The molecule has 4 atom stereocenters. The van der Waals surface area contributed by atoms with Crippen molar-refractivity contribution in [1.29, 1.82) is 0 Å². The van der Waals surface area contributed by atoms with E-state index in [0.29, 0.717) is 23.4 Å². The predicted octanol–water partition coefficient (Wildman–Crippen LogP) is 0.435. The van der Waals surface area contributed by atoms with Gasteiger partial charge in [-0.3, -0.25) is 4.57 Å². The van der Waals surface area contributed by atoms with Gasteiger partial charge in [0.2, 0.25) is 0 Å². The minimum atomic E-state index is -1.23. The Morgan fingerprint density at radius 1 is 1.33 bits per heavy atom. The molecule has 1 aliphatic heterocycles. The zero-order valence-corrected chi connectivity index (χ0v) is 15.0. The monoisotopic (exact) mass is 353 g/mol. The van der Waals surface area contributed by atoms with Crippen LogP contribution in [-0.4, -0.2) is 73.8 Å². The molecule has 4 N–H and O–H groups in total. The van der Waals surface area contributed by atoms with Crippen LogP contribution in [0.4, 0.5) is 5.82 Å². The fraction of sp³-hybridized carbons (Fsp3) is 0.600. The maximum atomic E-state index is 10.4. The maximum absolute atomic E-state index is 10.4. The molecule has 8 nitrogen and oxygen atoms in total. The molecule has 0 radical (unpaired) electrons. The molecule has 1 fully saturated rings. The second kappa shape index (κ2) is 6.11. The molecule has 0 saturated carbocycles. The van der Waals surface area contributed by atoms with Crippen LogP contribution in [0.1, 0.15) is 18.5 Å². The summed E-state index contributed by atoms with van der Waals surface area (Å²) in [5, 5.41) is 20.8. The van der Waals surface area contributed by atoms with Gasteiger partial charge in [-0.05, 0) is 32.8 Å². The molecule has 9 heteroatoms. The highest BCUT2D eigenvalue weighted by Crippen LogP contribution is 2.40. The van der Waals surface area contributed by atoms with Gasteiger partial charge < -0.3 is 20.7 Å². The normalized spacial score (nSPS) is 27.9. The molecule has 3 heterocycles. The van der Waals surface area contributed by atoms with Crippen molar-refractivity contribution < 1.29 is 14.9 Å². The van der Waals surface area contributed by atoms with Crippen molar-refractivity contribution in [3.63, 3.8) is 0 Å². The van der Waals surface area contributed by atoms with Gasteiger partial charge in [0.15, 0.2) is 17.7 Å². The molecule has 2 unspecified atom stereocenters. The molecule has 0 spiro atoms. The highest BCUT2D eigenvalue weighted by molar-refractivity contribution is 7.72. The number of aliphatic hydroxyl groups excluding tert-OH is 2. The van der Waals surface area contributed by atoms with E-state index in [0.717, 1.165) is 6.16 Å². The number of rotatable bonds is 4. The van der Waals surface area contributed by atoms with Crippen LogP contribution in [0.2, 0.25) is 0 Å². The largest absolute Gasteiger partial charge is 0.388 e. The molecule has 2 aromatic rings. The second-order valence-corrected chi connectivity index (χ2v) is 11.3. The maximum Gasteiger partial charge on any atom is 0.167 e. The molecule has 0 amide bonds. The topological polar surface area (TPSA) is 119 Å². The SMILES string of the molecule is C=P(C)(C)CCC1OC(n2cnc3c(N)nc(C)nc32)[C@H](O)[C@@H]1O. The number of hydrogen-bond acceptors (Lipinski definition) is 7. The minimum Gasteiger partial charge on any atom is -0.388 e. The first kappa shape index (κ1) is 17.4. The number of hydrogen-bond donors (Lipinski definition) is 3. The Labute approximate surface area is 140 Å². The van der Waals surface area contributed by atoms with Crippen LogP contribution in [0, 0.1) is 6.92 Å². The third kappa shape index (κ3) is 3.19. The number of nitrogens with zero attached hydrogens (tertiary/aromatic N) is 4. The van der Waals surface area contributed by atoms with Crippen LogP contribution in [0.25, 0.3) is 11.2 Å². The van der Waals surface area contributed by atoms with Crippen molar-refractivity contribution in [2.75, 3.05) is 25.2 Å². The summed E-state index contributed by atoms with van der Waals surface area (Å²) < 4.78 is 7.54. The summed E-state index contributed by atoms with van der Waals surface area (Å²) in [6.07, 6.45) is 4.00. The molecule has 0 aromatic carbocycles. The van der Waals surface area contributed by atoms with E-state index in [4.69, 9.17) is 10.5 Å². The summed E-state index contributed by atoms with van der Waals surface area (Å²) in [4.78, 5) is 12.6. The zero-order valence-electron chi connectivity index (χ0n) is 14.1. The molecule has 24 heavy (non-hydrogen) atoms. The van der Waals surface area contributed by atoms with E-state index >= 15 is 0 Å². The smallest absolute Gasteiger partial charge is 0.167 e. The first-order valence-corrected chi connectivity index (χ1v) is 10.9. The van der Waals surface area contributed by atoms with E-state index in [9.17, 15) is 10.2 Å². The van der Waals surface area contributed by atoms with Crippen molar-refractivity contribution >= 4 is 30.2 Å². The van der Waals surface area contributed by atoms with Gasteiger partial charge in [-0.25, -0.2) is 15.0 Å². The van der Waals surface area contributed by atoms with Crippen LogP contribution < -0.4 is 5.73 Å². The summed E-state index contributed by atoms with van der Waals surface area (Å²) in [5.74, 6) is 0.791. The van der Waals surface area contributed by atoms with Crippen LogP contribution in [0.5, 0.6) is 0 Å². The summed E-state index contributed by atoms with van der Waals surface area (Å²) in [7, 11) is 0. The lowest BCUT2D eigenvalue weighted by Crippen LogP contribution is -2.31. The number of ether oxygens (including phenoxy) is 1. The Kier molecular flexibility index (Phi) is 4.42. The molecule has 132 valence electrons. The van der Waals surface area contributed by atoms with Crippen molar-refractivity contribution in [3.05, 3.63) is 12.2 Å². The van der Waals surface area contributed by atoms with Crippen LogP contribution in [-0.2, 0) is 4.74 Å². The molecule has 0 bridgehead atoms. The highest BCUT2D eigenvalue weighted by atomic mass is 31.2. The standard InChI is InChI=1S/C15H24N5O3P/c1-8-18-13(16)10-14(19-8)20(7-17-10)15-12(22)11(21)9(23-15)5-6-24(2,3)4/h7,9,11-12,15,21-22H,2,5-6H2,1,3-4H3,(H2,16,18,19)/t9?,11-,12-,15?/m1/s1. The fourth-order valence-corrected chi connectivity index (χ4v) is 3.87. The van der Waals surface area contributed by atoms with E-state index < -0.39 is 31.4 Å². The third-order valence-electron chi connectivity index (χ3n) is 4.19. The van der Waals surface area contributed by atoms with Crippen LogP contribution in [0.3, 0.4) is 0 Å². The van der Waals surface area contributed by atoms with Crippen molar-refractivity contribution in [2.24, 2.45) is 0 Å². The Morgan fingerprint density at radius 2 is 2.04 bits per heavy atom. The summed E-state index contributed by atoms with van der Waals surface area (Å²) in [5.41, 5.74) is 6.82. The molecular weight excluding hydrogens is 329 g/mol. The Bertz CT molecular complexity index is 802. The van der Waals surface area contributed by atoms with Gasteiger partial charge >= 0.3 is 0 Å². The molecule has 1 aliphatic rings. The van der Waals surface area contributed by atoms with Crippen molar-refractivity contribution in [2.45, 2.75) is 37.9 Å². The molecule has 2 aromatic heterocycles. The van der Waals surface area contributed by atoms with E-state index in [1.54, 1.807) is 11.5 Å². The number of nitrogen functional groups attached to an aromatic ring is 1. The van der Waals surface area contributed by atoms with E-state index in [1.807, 2.05) is 0 Å². The van der Waals surface area contributed by atoms with E-state index in [2.05, 4.69) is 34.6 Å². The van der Waals surface area contributed by atoms with Gasteiger partial charge in [-0.15, -0.1) is 13.2 Å². The number of aryl methyl sites for hydroxylation is 1. The minimum absolute atomic E-state index is 0.282. The Hall–Kier alpha value is -1.47. The van der Waals surface area contributed by atoms with Crippen molar-refractivity contribution in [1.82, 2.24) is 19.5 Å². The first-order chi connectivity index (χ1) is 11.2. The highest BCUT2D eigenvalue weighted by Gasteiger charge is 2.44. The van der Waals surface area contributed by atoms with Crippen LogP contribution >= 0.6 is 6.89 Å². The average molecular weight is 353 g/mol. The lowest BCUT2D eigenvalue weighted by Gasteiger charge is -2.18. The number of imidazole rings is 1. The summed E-state index contributed by atoms with van der Waals surface area (Å²) in [6.45, 7) is 4.77. The first-order valence-electron chi connectivity index (χ1n) is 7.83. The predicted molar refractivity (Wildman–Crippen MR) is 95.8 cm³/mol. The lowest BCUT2D eigenvalue weighted by atomic mass is 10.1. The zero-order chi connectivity index (χ0) is 17.6. The molecule has 3 rings (SSSR count). The average Bonchev–Trinajstić information content (AvgIpc) is 3.00. The lowest BCUT2D eigenvalue weighted by molar-refractivity contribution is -0.0353. The van der Waals surface area contributed by atoms with Gasteiger partial charge in [0.05, 0.1) is 12.4 Å². The van der Waals surface area contributed by atoms with Gasteiger partial charge in [-0.2, -0.15) is 0 Å². The van der Waals surface area contributed by atoms with Crippen LogP contribution in [0.15, 0.2) is 6.33 Å².